The molecule has 0 aromatic heterocycles. The van der Waals surface area contributed by atoms with E-state index >= 15 is 0 Å². The molecule has 1 heterocycles. The van der Waals surface area contributed by atoms with Gasteiger partial charge in [-0.2, -0.15) is 0 Å². The molecule has 7 heteroatoms. The second-order valence-corrected chi connectivity index (χ2v) is 8.89. The molecule has 2 rings (SSSR count). The molecule has 1 N–H and O–H groups in total. The average Bonchev–Trinajstić information content (AvgIpc) is 2.45. The molecular weight excluding hydrogens is 328 g/mol. The number of nitrogens with one attached hydrogen (secondary N) is 1. The monoisotopic (exact) mass is 354 g/mol. The summed E-state index contributed by atoms with van der Waals surface area (Å²) in [6.07, 6.45) is 2.09. The molecule has 0 unspecified atom stereocenters. The van der Waals surface area contributed by atoms with Crippen molar-refractivity contribution in [3.8, 4) is 0 Å². The zero-order valence-corrected chi connectivity index (χ0v) is 15.3. The van der Waals surface area contributed by atoms with Crippen molar-refractivity contribution in [1.29, 1.82) is 0 Å². The Kier molecular flexibility index (Phi) is 6.23. The van der Waals surface area contributed by atoms with E-state index in [1.165, 1.54) is 6.26 Å². The summed E-state index contributed by atoms with van der Waals surface area (Å²) in [6, 6.07) is 6.87. The van der Waals surface area contributed by atoms with Crippen LogP contribution >= 0.6 is 0 Å². The van der Waals surface area contributed by atoms with Crippen molar-refractivity contribution >= 4 is 21.6 Å². The third-order valence-corrected chi connectivity index (χ3v) is 4.70. The number of benzene rings is 1. The van der Waals surface area contributed by atoms with Crippen molar-refractivity contribution in [2.24, 2.45) is 5.92 Å². The molecule has 1 saturated heterocycles. The van der Waals surface area contributed by atoms with E-state index in [9.17, 15) is 13.2 Å². The first-order valence-electron chi connectivity index (χ1n) is 8.16. The molecule has 1 aromatic carbocycles. The molecule has 0 aliphatic carbocycles. The van der Waals surface area contributed by atoms with E-state index in [2.05, 4.69) is 19.2 Å². The Hall–Kier alpha value is -1.60. The second kappa shape index (κ2) is 7.98. The van der Waals surface area contributed by atoms with Gasteiger partial charge in [0.05, 0.1) is 25.0 Å². The molecule has 6 nitrogen and oxygen atoms in total. The van der Waals surface area contributed by atoms with Gasteiger partial charge in [-0.3, -0.25) is 0 Å². The van der Waals surface area contributed by atoms with Gasteiger partial charge in [0.1, 0.15) is 0 Å². The summed E-state index contributed by atoms with van der Waals surface area (Å²) in [6.45, 7) is 5.90. The van der Waals surface area contributed by atoms with E-state index in [0.29, 0.717) is 36.9 Å². The van der Waals surface area contributed by atoms with Gasteiger partial charge in [0.15, 0.2) is 9.84 Å². The number of rotatable bonds is 5. The zero-order chi connectivity index (χ0) is 17.7. The van der Waals surface area contributed by atoms with Crippen LogP contribution in [0.4, 0.5) is 10.5 Å². The summed E-state index contributed by atoms with van der Waals surface area (Å²) in [5.74, 6) is 0.439. The molecule has 0 bridgehead atoms. The first kappa shape index (κ1) is 18.7. The van der Waals surface area contributed by atoms with Gasteiger partial charge in [0.25, 0.3) is 0 Å². The Morgan fingerprint density at radius 1 is 1.42 bits per heavy atom. The van der Waals surface area contributed by atoms with Crippen molar-refractivity contribution in [2.75, 3.05) is 31.3 Å². The number of ether oxygens (including phenoxy) is 1. The summed E-state index contributed by atoms with van der Waals surface area (Å²) in [5.41, 5.74) is 1.27. The van der Waals surface area contributed by atoms with Crippen molar-refractivity contribution in [2.45, 2.75) is 32.1 Å². The standard InChI is InChI=1S/C17H26N2O4S/c1-13(2)9-16-11-23-8-7-19(16)17(20)18-15-6-4-5-14(10-15)12-24(3,21)22/h4-6,10,13,16H,7-9,11-12H2,1-3H3,(H,18,20)/t16-/m1/s1. The molecule has 1 aromatic rings. The number of carbonyl (C=O) groups excluding carboxylic acids is 1. The Labute approximate surface area is 144 Å². The van der Waals surface area contributed by atoms with Gasteiger partial charge in [-0.1, -0.05) is 26.0 Å². The summed E-state index contributed by atoms with van der Waals surface area (Å²) in [5, 5.41) is 2.88. The van der Waals surface area contributed by atoms with Crippen molar-refractivity contribution < 1.29 is 17.9 Å². The van der Waals surface area contributed by atoms with Crippen LogP contribution in [0.2, 0.25) is 0 Å². The molecule has 0 radical (unpaired) electrons. The predicted octanol–water partition coefficient (Wildman–Crippen LogP) is 2.51. The van der Waals surface area contributed by atoms with Crippen LogP contribution in [0.3, 0.4) is 0 Å². The number of hydrogen-bond donors (Lipinski definition) is 1. The maximum Gasteiger partial charge on any atom is 0.322 e. The van der Waals surface area contributed by atoms with Gasteiger partial charge in [0, 0.05) is 18.5 Å². The Bertz CT molecular complexity index is 673. The molecule has 0 spiro atoms. The van der Waals surface area contributed by atoms with E-state index in [1.54, 1.807) is 24.3 Å². The third-order valence-electron chi connectivity index (χ3n) is 3.84. The number of nitrogens with zero attached hydrogens (tertiary/aromatic N) is 1. The molecule has 1 aliphatic rings. The minimum absolute atomic E-state index is 0.0375. The van der Waals surface area contributed by atoms with Crippen molar-refractivity contribution in [1.82, 2.24) is 4.90 Å². The normalized spacial score (nSPS) is 18.7. The van der Waals surface area contributed by atoms with E-state index < -0.39 is 9.84 Å². The first-order valence-corrected chi connectivity index (χ1v) is 10.2. The summed E-state index contributed by atoms with van der Waals surface area (Å²) in [4.78, 5) is 14.4. The first-order chi connectivity index (χ1) is 11.2. The highest BCUT2D eigenvalue weighted by atomic mass is 32.2. The smallest absolute Gasteiger partial charge is 0.322 e. The van der Waals surface area contributed by atoms with Crippen LogP contribution in [-0.2, 0) is 20.3 Å². The van der Waals surface area contributed by atoms with Crippen molar-refractivity contribution in [3.63, 3.8) is 0 Å². The molecule has 1 fully saturated rings. The van der Waals surface area contributed by atoms with E-state index in [-0.39, 0.29) is 17.8 Å². The minimum Gasteiger partial charge on any atom is -0.377 e. The highest BCUT2D eigenvalue weighted by Gasteiger charge is 2.27. The lowest BCUT2D eigenvalue weighted by Gasteiger charge is -2.36. The largest absolute Gasteiger partial charge is 0.377 e. The molecule has 2 amide bonds. The SMILES string of the molecule is CC(C)C[C@@H]1COCCN1C(=O)Nc1cccc(CS(C)(=O)=O)c1. The molecule has 0 saturated carbocycles. The van der Waals surface area contributed by atoms with Gasteiger partial charge in [-0.05, 0) is 30.0 Å². The van der Waals surface area contributed by atoms with Crippen LogP contribution < -0.4 is 5.32 Å². The van der Waals surface area contributed by atoms with Crippen LogP contribution in [0.15, 0.2) is 24.3 Å². The second-order valence-electron chi connectivity index (χ2n) is 6.75. The predicted molar refractivity (Wildman–Crippen MR) is 94.8 cm³/mol. The lowest BCUT2D eigenvalue weighted by Crippen LogP contribution is -2.50. The number of amides is 2. The summed E-state index contributed by atoms with van der Waals surface area (Å²) in [7, 11) is -3.10. The minimum atomic E-state index is -3.10. The molecular formula is C17H26N2O4S. The van der Waals surface area contributed by atoms with Crippen LogP contribution in [0, 0.1) is 5.92 Å². The fraction of sp³-hybridized carbons (Fsp3) is 0.588. The fourth-order valence-electron chi connectivity index (χ4n) is 2.90. The molecule has 134 valence electrons. The van der Waals surface area contributed by atoms with Gasteiger partial charge in [-0.15, -0.1) is 0 Å². The summed E-state index contributed by atoms with van der Waals surface area (Å²) < 4.78 is 28.3. The number of morpholine rings is 1. The van der Waals surface area contributed by atoms with Crippen LogP contribution in [0.1, 0.15) is 25.8 Å². The third kappa shape index (κ3) is 5.79. The fourth-order valence-corrected chi connectivity index (χ4v) is 3.68. The number of hydrogen-bond acceptors (Lipinski definition) is 4. The maximum atomic E-state index is 12.6. The van der Waals surface area contributed by atoms with Gasteiger partial charge < -0.3 is 15.0 Å². The summed E-state index contributed by atoms with van der Waals surface area (Å²) >= 11 is 0. The van der Waals surface area contributed by atoms with E-state index in [1.807, 2.05) is 4.90 Å². The van der Waals surface area contributed by atoms with E-state index in [0.717, 1.165) is 6.42 Å². The van der Waals surface area contributed by atoms with Crippen molar-refractivity contribution in [3.05, 3.63) is 29.8 Å². The Morgan fingerprint density at radius 3 is 2.83 bits per heavy atom. The zero-order valence-electron chi connectivity index (χ0n) is 14.5. The van der Waals surface area contributed by atoms with Crippen LogP contribution in [0.5, 0.6) is 0 Å². The number of sulfone groups is 1. The average molecular weight is 354 g/mol. The topological polar surface area (TPSA) is 75.7 Å². The van der Waals surface area contributed by atoms with E-state index in [4.69, 9.17) is 4.74 Å². The molecule has 24 heavy (non-hydrogen) atoms. The lowest BCUT2D eigenvalue weighted by atomic mass is 10.0. The number of anilines is 1. The Balaban J connectivity index is 2.06. The molecule has 1 atom stereocenters. The molecule has 1 aliphatic heterocycles. The van der Waals surface area contributed by atoms with Gasteiger partial charge >= 0.3 is 6.03 Å². The maximum absolute atomic E-state index is 12.6. The van der Waals surface area contributed by atoms with Crippen LogP contribution in [-0.4, -0.2) is 51.4 Å². The van der Waals surface area contributed by atoms with Crippen LogP contribution in [0.25, 0.3) is 0 Å². The highest BCUT2D eigenvalue weighted by Crippen LogP contribution is 2.18. The van der Waals surface area contributed by atoms with Gasteiger partial charge in [-0.25, -0.2) is 13.2 Å². The number of urea groups is 1. The number of carbonyl (C=O) groups is 1. The quantitative estimate of drug-likeness (QED) is 0.881. The highest BCUT2D eigenvalue weighted by molar-refractivity contribution is 7.89. The Morgan fingerprint density at radius 2 is 2.17 bits per heavy atom. The van der Waals surface area contributed by atoms with Gasteiger partial charge in [0.2, 0.25) is 0 Å². The lowest BCUT2D eigenvalue weighted by molar-refractivity contribution is 0.00857.